The van der Waals surface area contributed by atoms with Gasteiger partial charge >= 0.3 is 40.7 Å². The van der Waals surface area contributed by atoms with Gasteiger partial charge in [0.1, 0.15) is 0 Å². The summed E-state index contributed by atoms with van der Waals surface area (Å²) in [7, 11) is 0. The van der Waals surface area contributed by atoms with E-state index in [1.165, 1.54) is 0 Å². The van der Waals surface area contributed by atoms with Crippen LogP contribution in [0.5, 0.6) is 0 Å². The van der Waals surface area contributed by atoms with E-state index < -0.39 is 25.4 Å². The van der Waals surface area contributed by atoms with Gasteiger partial charge in [-0.05, 0) is 0 Å². The molecule has 9 nitrogen and oxygen atoms in total. The molecule has 0 aliphatic heterocycles. The fourth-order valence-electron chi connectivity index (χ4n) is 0. The van der Waals surface area contributed by atoms with Crippen LogP contribution in [-0.4, -0.2) is 33.3 Å². The first-order valence-corrected chi connectivity index (χ1v) is 5.49. The number of carboxylic acids is 1. The van der Waals surface area contributed by atoms with Crippen molar-refractivity contribution in [1.29, 1.82) is 0 Å². The van der Waals surface area contributed by atoms with Crippen molar-refractivity contribution < 1.29 is 75.3 Å². The van der Waals surface area contributed by atoms with Crippen molar-refractivity contribution in [3.8, 4) is 0 Å². The standard InChI is InChI=1S/C2H4O3.C2H4O2.2CH4.7FH.Fe.O2.2H2O/c1-2(3)5-4;1-2(3)4;;;;;;;;;;;1-2;;/h4H,1H3;1H3,(H,3,4);2*1H4;7*1H;;;2*1H2/q;;;;;;;;;;;+6;;;/p-6. The van der Waals surface area contributed by atoms with Gasteiger partial charge in [0.15, 0.2) is 0 Å². The summed E-state index contributed by atoms with van der Waals surface area (Å²) in [6, 6.07) is 0. The zero-order valence-electron chi connectivity index (χ0n) is 9.97. The Bertz CT molecular complexity index is 252. The van der Waals surface area contributed by atoms with E-state index in [0.29, 0.717) is 0 Å². The van der Waals surface area contributed by atoms with Crippen LogP contribution in [0.15, 0.2) is 0 Å². The minimum absolute atomic E-state index is 0. The van der Waals surface area contributed by atoms with Crippen molar-refractivity contribution in [2.45, 2.75) is 28.7 Å². The van der Waals surface area contributed by atoms with E-state index in [9.17, 15) is 26.1 Å². The molecule has 0 amide bonds. The third-order valence-electron chi connectivity index (χ3n) is 0.129. The topological polar surface area (TPSA) is 181 Å². The number of hydrogen-bond acceptors (Lipinski definition) is 6. The first kappa shape index (κ1) is 57.9. The summed E-state index contributed by atoms with van der Waals surface area (Å²) in [6.07, 6.45) is 0. The molecule has 0 saturated heterocycles. The van der Waals surface area contributed by atoms with Gasteiger partial charge in [0, 0.05) is 23.8 Å². The van der Waals surface area contributed by atoms with Gasteiger partial charge in [-0.3, -0.25) is 9.50 Å². The quantitative estimate of drug-likeness (QED) is 0.258. The molecule has 6 N–H and O–H groups in total. The Morgan fingerprint density at radius 1 is 0.870 bits per heavy atom. The Kier molecular flexibility index (Phi) is 46.5. The van der Waals surface area contributed by atoms with Gasteiger partial charge in [0.05, 0.1) is 0 Å². The summed E-state index contributed by atoms with van der Waals surface area (Å²) in [6.45, 7) is 2.19. The molecule has 0 fully saturated rings. The van der Waals surface area contributed by atoms with Crippen molar-refractivity contribution in [2.24, 2.45) is 0 Å². The number of carbonyl (C=O) groups is 2. The van der Waals surface area contributed by atoms with Crippen LogP contribution < -0.4 is 0 Å². The van der Waals surface area contributed by atoms with Gasteiger partial charge in [-0.25, -0.2) is 4.79 Å². The molecule has 0 saturated carbocycles. The normalized spacial score (nSPS) is 9.78. The molecule has 0 heterocycles. The zero-order chi connectivity index (χ0) is 16.3. The van der Waals surface area contributed by atoms with Crippen LogP contribution in [0.25, 0.3) is 0 Å². The number of hydrogen-bond donors (Lipinski definition) is 2. The number of carboxylic acid groups (broad SMARTS) is 1. The van der Waals surface area contributed by atoms with Gasteiger partial charge in [0.25, 0.3) is 5.97 Å². The summed E-state index contributed by atoms with van der Waals surface area (Å²) < 4.78 is 59.2. The van der Waals surface area contributed by atoms with Crippen LogP contribution in [-0.2, 0) is 27.9 Å². The van der Waals surface area contributed by atoms with E-state index in [2.05, 4.69) is 4.89 Å². The van der Waals surface area contributed by atoms with Crippen LogP contribution in [0, 0.1) is 9.93 Å². The maximum atomic E-state index is 9.88. The summed E-state index contributed by atoms with van der Waals surface area (Å²) >= 11 is -10.8. The summed E-state index contributed by atoms with van der Waals surface area (Å²) in [4.78, 5) is 35.5. The van der Waals surface area contributed by atoms with E-state index in [-0.39, 0.29) is 30.5 Å². The Labute approximate surface area is 127 Å². The monoisotopic (exact) mass is 426 g/mol. The maximum absolute atomic E-state index is 10.8. The van der Waals surface area contributed by atoms with Crippen LogP contribution in [0.4, 0.5) is 26.0 Å². The molecule has 0 radical (unpaired) electrons. The second kappa shape index (κ2) is 18.5. The fourth-order valence-corrected chi connectivity index (χ4v) is 0. The summed E-state index contributed by atoms with van der Waals surface area (Å²) in [5.41, 5.74) is 0. The molecule has 17 heteroatoms. The van der Waals surface area contributed by atoms with E-state index in [0.717, 1.165) is 13.8 Å². The molecular formula is C6H21F7FeO9. The Morgan fingerprint density at radius 2 is 0.913 bits per heavy atom. The van der Waals surface area contributed by atoms with E-state index >= 15 is 0 Å². The SMILES string of the molecule is C.C.CC(=O)O.CC(=O)OO.F.O.O.O=O.[F][Fe]([F])([F])([F])([F])[F]. The predicted molar refractivity (Wildman–Crippen MR) is 64.3 cm³/mol. The molecule has 23 heavy (non-hydrogen) atoms. The summed E-state index contributed by atoms with van der Waals surface area (Å²) in [5.74, 6) is -1.52. The van der Waals surface area contributed by atoms with Crippen LogP contribution in [0.2, 0.25) is 0 Å². The Morgan fingerprint density at radius 3 is 0.913 bits per heavy atom. The predicted octanol–water partition coefficient (Wildman–Crippen LogP) is 2.47. The third kappa shape index (κ3) is 34500. The van der Waals surface area contributed by atoms with Crippen LogP contribution in [0.3, 0.4) is 0 Å². The molecule has 0 unspecified atom stereocenters. The molecule has 0 aromatic heterocycles. The van der Waals surface area contributed by atoms with Crippen molar-refractivity contribution in [1.82, 2.24) is 0 Å². The number of carbonyl (C=O) groups excluding carboxylic acids is 1. The minimum atomic E-state index is -10.8. The van der Waals surface area contributed by atoms with E-state index in [4.69, 9.17) is 25.1 Å². The van der Waals surface area contributed by atoms with Gasteiger partial charge < -0.3 is 20.9 Å². The zero-order valence-corrected chi connectivity index (χ0v) is 11.1. The summed E-state index contributed by atoms with van der Waals surface area (Å²) in [5, 5.41) is 14.7. The molecule has 156 valence electrons. The molecule has 0 rings (SSSR count). The average Bonchev–Trinajstić information content (AvgIpc) is 2.01. The molecule has 0 aromatic rings. The number of rotatable bonds is 0. The third-order valence-corrected chi connectivity index (χ3v) is 0.129. The second-order valence-corrected chi connectivity index (χ2v) is 4.23. The van der Waals surface area contributed by atoms with Gasteiger partial charge in [-0.15, -0.1) is 0 Å². The fraction of sp³-hybridized carbons (Fsp3) is 0.667. The molecular weight excluding hydrogens is 405 g/mol. The van der Waals surface area contributed by atoms with E-state index in [1.54, 1.807) is 0 Å². The first-order chi connectivity index (χ1) is 7.45. The number of halogens is 7. The van der Waals surface area contributed by atoms with Gasteiger partial charge in [-0.1, -0.05) is 14.9 Å². The van der Waals surface area contributed by atoms with Crippen molar-refractivity contribution >= 4 is 11.9 Å². The van der Waals surface area contributed by atoms with Crippen molar-refractivity contribution in [3.05, 3.63) is 9.93 Å². The average molecular weight is 426 g/mol. The second-order valence-electron chi connectivity index (χ2n) is 1.86. The van der Waals surface area contributed by atoms with Gasteiger partial charge in [0.2, 0.25) is 0 Å². The van der Waals surface area contributed by atoms with Crippen LogP contribution >= 0.6 is 0 Å². The van der Waals surface area contributed by atoms with Crippen molar-refractivity contribution in [3.63, 3.8) is 0 Å². The first-order valence-electron chi connectivity index (χ1n) is 2.99. The van der Waals surface area contributed by atoms with E-state index in [1.807, 2.05) is 0 Å². The number of aliphatic carboxylic acids is 1. The van der Waals surface area contributed by atoms with Gasteiger partial charge in [-0.2, -0.15) is 5.26 Å². The molecule has 0 bridgehead atoms. The molecule has 0 spiro atoms. The Balaban J connectivity index is -0.0000000161. The van der Waals surface area contributed by atoms with Crippen LogP contribution in [0.1, 0.15) is 28.7 Å². The Hall–Kier alpha value is -1.55. The molecule has 0 aromatic carbocycles. The molecule has 0 aliphatic rings. The molecule has 0 atom stereocenters. The van der Waals surface area contributed by atoms with Crippen molar-refractivity contribution in [2.75, 3.05) is 0 Å². The molecule has 0 aliphatic carbocycles.